The van der Waals surface area contributed by atoms with Crippen molar-refractivity contribution in [1.82, 2.24) is 0 Å². The fourth-order valence-corrected chi connectivity index (χ4v) is 2.92. The fourth-order valence-electron chi connectivity index (χ4n) is 2.83. The van der Waals surface area contributed by atoms with Crippen molar-refractivity contribution in [1.29, 1.82) is 0 Å². The van der Waals surface area contributed by atoms with Gasteiger partial charge in [0.2, 0.25) is 0 Å². The molecule has 0 radical (unpaired) electrons. The maximum Gasteiger partial charge on any atom is 0.333 e. The van der Waals surface area contributed by atoms with Gasteiger partial charge in [-0.25, -0.2) is 9.59 Å². The average Bonchev–Trinajstić information content (AvgIpc) is 2.59. The zero-order valence-electron chi connectivity index (χ0n) is 17.3. The molecular formula is C21H35ClO5. The lowest BCUT2D eigenvalue weighted by atomic mass is 9.75. The summed E-state index contributed by atoms with van der Waals surface area (Å²) in [6.07, 6.45) is 2.73. The predicted octanol–water partition coefficient (Wildman–Crippen LogP) is 4.27. The number of rotatable bonds is 7. The molecule has 6 heteroatoms. The molecule has 5 nitrogen and oxygen atoms in total. The van der Waals surface area contributed by atoms with Crippen LogP contribution in [-0.2, 0) is 19.1 Å². The molecule has 1 saturated carbocycles. The lowest BCUT2D eigenvalue weighted by Gasteiger charge is -2.36. The Morgan fingerprint density at radius 2 is 1.70 bits per heavy atom. The topological polar surface area (TPSA) is 72.8 Å². The molecule has 1 fully saturated rings. The Bertz CT molecular complexity index is 515. The minimum absolute atomic E-state index is 0.0590. The Balaban J connectivity index is 0.000000541. The normalized spacial score (nSPS) is 22.9. The number of halogens is 1. The van der Waals surface area contributed by atoms with Crippen molar-refractivity contribution >= 4 is 23.5 Å². The summed E-state index contributed by atoms with van der Waals surface area (Å²) in [6.45, 7) is 16.8. The van der Waals surface area contributed by atoms with Crippen molar-refractivity contribution < 1.29 is 24.2 Å². The van der Waals surface area contributed by atoms with Gasteiger partial charge in [-0.2, -0.15) is 0 Å². The Kier molecular flexibility index (Phi) is 12.3. The van der Waals surface area contributed by atoms with Crippen molar-refractivity contribution in [3.05, 3.63) is 24.3 Å². The van der Waals surface area contributed by atoms with E-state index in [1.807, 2.05) is 0 Å². The van der Waals surface area contributed by atoms with Crippen LogP contribution in [0.3, 0.4) is 0 Å². The highest BCUT2D eigenvalue weighted by Crippen LogP contribution is 2.35. The molecule has 0 saturated heterocycles. The van der Waals surface area contributed by atoms with Crippen LogP contribution in [0.15, 0.2) is 24.3 Å². The SMILES string of the molecule is C=C(C)C(=O)OC1CC(C)CCC1C(C)C.C=C(C)C(=O)OCC(O)CCl. The van der Waals surface area contributed by atoms with Crippen LogP contribution in [0.2, 0.25) is 0 Å². The molecule has 1 aliphatic carbocycles. The molecule has 1 N–H and O–H groups in total. The second kappa shape index (κ2) is 12.9. The molecule has 0 aromatic heterocycles. The van der Waals surface area contributed by atoms with Crippen LogP contribution in [0.5, 0.6) is 0 Å². The van der Waals surface area contributed by atoms with Crippen molar-refractivity contribution in [2.75, 3.05) is 12.5 Å². The van der Waals surface area contributed by atoms with E-state index in [-0.39, 0.29) is 24.6 Å². The van der Waals surface area contributed by atoms with Crippen LogP contribution >= 0.6 is 11.6 Å². The van der Waals surface area contributed by atoms with Gasteiger partial charge < -0.3 is 14.6 Å². The summed E-state index contributed by atoms with van der Waals surface area (Å²) in [5, 5.41) is 8.85. The highest BCUT2D eigenvalue weighted by molar-refractivity contribution is 6.18. The molecule has 27 heavy (non-hydrogen) atoms. The molecule has 0 spiro atoms. The molecule has 0 bridgehead atoms. The quantitative estimate of drug-likeness (QED) is 0.391. The number of aliphatic hydroxyl groups is 1. The highest BCUT2D eigenvalue weighted by atomic mass is 35.5. The Morgan fingerprint density at radius 3 is 2.15 bits per heavy atom. The molecule has 0 heterocycles. The molecule has 4 atom stereocenters. The van der Waals surface area contributed by atoms with E-state index >= 15 is 0 Å². The lowest BCUT2D eigenvalue weighted by Crippen LogP contribution is -2.35. The van der Waals surface area contributed by atoms with Gasteiger partial charge in [0.05, 0.1) is 5.88 Å². The van der Waals surface area contributed by atoms with Gasteiger partial charge in [-0.15, -0.1) is 11.6 Å². The highest BCUT2D eigenvalue weighted by Gasteiger charge is 2.33. The molecule has 1 aliphatic rings. The van der Waals surface area contributed by atoms with Gasteiger partial charge in [0, 0.05) is 11.1 Å². The van der Waals surface area contributed by atoms with Crippen LogP contribution in [0.25, 0.3) is 0 Å². The van der Waals surface area contributed by atoms with Crippen molar-refractivity contribution in [3.63, 3.8) is 0 Å². The number of aliphatic hydroxyl groups excluding tert-OH is 1. The first-order valence-electron chi connectivity index (χ1n) is 9.42. The van der Waals surface area contributed by atoms with E-state index in [0.717, 1.165) is 6.42 Å². The lowest BCUT2D eigenvalue weighted by molar-refractivity contribution is -0.151. The number of esters is 2. The second-order valence-electron chi connectivity index (χ2n) is 7.74. The molecule has 4 unspecified atom stereocenters. The van der Waals surface area contributed by atoms with Crippen molar-refractivity contribution in [3.8, 4) is 0 Å². The summed E-state index contributed by atoms with van der Waals surface area (Å²) in [7, 11) is 0. The average molecular weight is 403 g/mol. The van der Waals surface area contributed by atoms with Crippen LogP contribution in [0, 0.1) is 17.8 Å². The van der Waals surface area contributed by atoms with Gasteiger partial charge in [-0.1, -0.05) is 40.3 Å². The number of carbonyl (C=O) groups excluding carboxylic acids is 2. The molecule has 156 valence electrons. The first kappa shape index (κ1) is 25.7. The smallest absolute Gasteiger partial charge is 0.333 e. The number of alkyl halides is 1. The van der Waals surface area contributed by atoms with Gasteiger partial charge in [-0.05, 0) is 44.4 Å². The minimum atomic E-state index is -0.792. The van der Waals surface area contributed by atoms with Gasteiger partial charge in [0.25, 0.3) is 0 Å². The summed E-state index contributed by atoms with van der Waals surface area (Å²) in [5.41, 5.74) is 0.813. The zero-order valence-corrected chi connectivity index (χ0v) is 18.1. The number of hydrogen-bond acceptors (Lipinski definition) is 5. The summed E-state index contributed by atoms with van der Waals surface area (Å²) in [4.78, 5) is 22.3. The minimum Gasteiger partial charge on any atom is -0.460 e. The first-order valence-corrected chi connectivity index (χ1v) is 9.96. The van der Waals surface area contributed by atoms with Crippen LogP contribution in [0.1, 0.15) is 53.9 Å². The number of ether oxygens (including phenoxy) is 2. The zero-order chi connectivity index (χ0) is 21.1. The Labute approximate surface area is 168 Å². The monoisotopic (exact) mass is 402 g/mol. The van der Waals surface area contributed by atoms with E-state index in [2.05, 4.69) is 38.7 Å². The van der Waals surface area contributed by atoms with E-state index in [9.17, 15) is 9.59 Å². The maximum absolute atomic E-state index is 11.6. The number of carbonyl (C=O) groups is 2. The second-order valence-corrected chi connectivity index (χ2v) is 8.05. The van der Waals surface area contributed by atoms with Crippen LogP contribution in [-0.4, -0.2) is 41.7 Å². The van der Waals surface area contributed by atoms with E-state index in [1.165, 1.54) is 19.8 Å². The first-order chi connectivity index (χ1) is 12.5. The predicted molar refractivity (Wildman–Crippen MR) is 109 cm³/mol. The largest absolute Gasteiger partial charge is 0.460 e. The van der Waals surface area contributed by atoms with Crippen LogP contribution in [0.4, 0.5) is 0 Å². The van der Waals surface area contributed by atoms with Gasteiger partial charge >= 0.3 is 11.9 Å². The van der Waals surface area contributed by atoms with E-state index in [4.69, 9.17) is 21.4 Å². The standard InChI is InChI=1S/C14H24O2.C7H11ClO3/c1-9(2)12-7-6-11(5)8-13(12)16-14(15)10(3)4;1-5(2)7(10)11-4-6(9)3-8/h9,11-13H,3,6-8H2,1-2,4-5H3;6,9H,1,3-4H2,2H3. The molecular weight excluding hydrogens is 368 g/mol. The summed E-state index contributed by atoms with van der Waals surface area (Å²) >= 11 is 5.25. The van der Waals surface area contributed by atoms with Crippen molar-refractivity contribution in [2.24, 2.45) is 17.8 Å². The third-order valence-electron chi connectivity index (χ3n) is 4.50. The third kappa shape index (κ3) is 10.5. The van der Waals surface area contributed by atoms with E-state index < -0.39 is 12.1 Å². The van der Waals surface area contributed by atoms with E-state index in [0.29, 0.717) is 28.9 Å². The number of hydrogen-bond donors (Lipinski definition) is 1. The van der Waals surface area contributed by atoms with Gasteiger partial charge in [0.15, 0.2) is 0 Å². The molecule has 0 aromatic carbocycles. The van der Waals surface area contributed by atoms with E-state index in [1.54, 1.807) is 6.92 Å². The molecule has 1 rings (SSSR count). The third-order valence-corrected chi connectivity index (χ3v) is 4.86. The van der Waals surface area contributed by atoms with Gasteiger partial charge in [-0.3, -0.25) is 0 Å². The Morgan fingerprint density at radius 1 is 1.15 bits per heavy atom. The van der Waals surface area contributed by atoms with Crippen LogP contribution < -0.4 is 0 Å². The molecule has 0 aromatic rings. The van der Waals surface area contributed by atoms with Crippen molar-refractivity contribution in [2.45, 2.75) is 66.1 Å². The molecule has 0 aliphatic heterocycles. The van der Waals surface area contributed by atoms with Gasteiger partial charge in [0.1, 0.15) is 18.8 Å². The molecule has 0 amide bonds. The summed E-state index contributed by atoms with van der Waals surface area (Å²) in [6, 6.07) is 0. The summed E-state index contributed by atoms with van der Waals surface area (Å²) < 4.78 is 10.1. The maximum atomic E-state index is 11.6. The Hall–Kier alpha value is -1.33. The summed E-state index contributed by atoms with van der Waals surface area (Å²) in [5.74, 6) is 1.08. The fraction of sp³-hybridized carbons (Fsp3) is 0.714.